The van der Waals surface area contributed by atoms with Gasteiger partial charge in [-0.2, -0.15) is 9.49 Å². The zero-order valence-electron chi connectivity index (χ0n) is 41.8. The summed E-state index contributed by atoms with van der Waals surface area (Å²) in [5.74, 6) is -5.16. The number of benzene rings is 4. The van der Waals surface area contributed by atoms with Crippen LogP contribution in [0.1, 0.15) is 89.3 Å². The Morgan fingerprint density at radius 3 is 2.41 bits per heavy atom. The third-order valence-corrected chi connectivity index (χ3v) is 15.0. The third-order valence-electron chi connectivity index (χ3n) is 15.0. The minimum Gasteiger partial charge on any atom is -0.497 e. The number of imide groups is 1. The molecule has 1 saturated carbocycles. The number of aryl methyl sites for hydroxylation is 1. The Morgan fingerprint density at radius 2 is 1.67 bits per heavy atom. The lowest BCUT2D eigenvalue weighted by molar-refractivity contribution is -0.120. The molecule has 1 aliphatic carbocycles. The van der Waals surface area contributed by atoms with Gasteiger partial charge in [0.1, 0.15) is 12.4 Å². The van der Waals surface area contributed by atoms with Crippen LogP contribution in [0.5, 0.6) is 11.5 Å². The molecule has 3 saturated heterocycles. The monoisotopic (exact) mass is 1030 g/mol. The van der Waals surface area contributed by atoms with E-state index in [9.17, 15) is 28.0 Å². The molecule has 4 aliphatic rings. The fourth-order valence-corrected chi connectivity index (χ4v) is 10.6. The van der Waals surface area contributed by atoms with Crippen molar-refractivity contribution in [2.75, 3.05) is 63.2 Å². The largest absolute Gasteiger partial charge is 0.497 e. The van der Waals surface area contributed by atoms with Crippen LogP contribution >= 0.6 is 0 Å². The number of likely N-dealkylation sites (tertiary alicyclic amines) is 1. The number of fused-ring (bicyclic) bond motifs is 1. The molecule has 1 spiro atoms. The van der Waals surface area contributed by atoms with Crippen molar-refractivity contribution in [2.45, 2.75) is 82.6 Å². The number of halogens is 3. The first kappa shape index (κ1) is 50.9. The van der Waals surface area contributed by atoms with Gasteiger partial charge in [0, 0.05) is 92.5 Å². The molecule has 6 aromatic rings. The zero-order valence-corrected chi connectivity index (χ0v) is 41.8. The van der Waals surface area contributed by atoms with Crippen molar-refractivity contribution >= 4 is 46.3 Å². The maximum absolute atomic E-state index is 15.0. The fourth-order valence-electron chi connectivity index (χ4n) is 10.6. The van der Waals surface area contributed by atoms with E-state index in [1.165, 1.54) is 12.0 Å². The van der Waals surface area contributed by atoms with E-state index in [-0.39, 0.29) is 61.5 Å². The number of nitrogens with one attached hydrogen (secondary N) is 4. The highest BCUT2D eigenvalue weighted by atomic mass is 19.2. The first-order valence-corrected chi connectivity index (χ1v) is 25.5. The van der Waals surface area contributed by atoms with Crippen molar-refractivity contribution in [2.24, 2.45) is 5.92 Å². The molecule has 4 fully saturated rings. The average molecular weight is 1030 g/mol. The highest BCUT2D eigenvalue weighted by molar-refractivity contribution is 6.06. The summed E-state index contributed by atoms with van der Waals surface area (Å²) in [7, 11) is 1.51. The maximum Gasteiger partial charge on any atom is 0.328 e. The Morgan fingerprint density at radius 1 is 0.893 bits per heavy atom. The number of amides is 5. The minimum atomic E-state index is -1.56. The zero-order chi connectivity index (χ0) is 52.2. The first-order chi connectivity index (χ1) is 36.3. The van der Waals surface area contributed by atoms with E-state index in [2.05, 4.69) is 31.2 Å². The van der Waals surface area contributed by atoms with E-state index in [4.69, 9.17) is 19.3 Å². The molecule has 20 heteroatoms. The van der Waals surface area contributed by atoms with E-state index in [1.54, 1.807) is 48.8 Å². The number of methoxy groups -OCH3 is 1. The standard InChI is InChI=1S/C55H59F3N10O7/c1-33-3-8-37(24-46(33)67-20-15-47(69)64-54(67)72)52(71)66-21-16-55(17-22-66)26-40(32-75-55)59-18-19-60-53-62-28-39(29-63-53)36-9-10-38-30-68(65-45(38)23-36)41-11-4-34(5-12-41)27-61-51(70)43-25-44(56)50(49(58)48(43)57)74-31-35-6-13-42(73-2)14-7-35/h3,6-10,13-14,23-25,28-30,34,40-41,59H,4-5,11-12,15-22,26-27,31-32H2,1-2H3,(H,61,70)(H,60,62,63)(H,64,69,72)/t34-,40?,41-. The maximum atomic E-state index is 15.0. The number of nitrogens with zero attached hydrogens (tertiary/aromatic N) is 6. The van der Waals surface area contributed by atoms with E-state index < -0.39 is 40.7 Å². The number of anilines is 2. The summed E-state index contributed by atoms with van der Waals surface area (Å²) in [6.45, 7) is 5.20. The van der Waals surface area contributed by atoms with Gasteiger partial charge in [0.2, 0.25) is 17.7 Å². The molecule has 0 radical (unpaired) electrons. The Balaban J connectivity index is 0.639. The second-order valence-electron chi connectivity index (χ2n) is 19.9. The summed E-state index contributed by atoms with van der Waals surface area (Å²) in [5.41, 5.74) is 4.21. The Hall–Kier alpha value is -7.58. The van der Waals surface area contributed by atoms with Crippen molar-refractivity contribution in [1.82, 2.24) is 40.6 Å². The number of hydrogen-bond donors (Lipinski definition) is 4. The summed E-state index contributed by atoms with van der Waals surface area (Å²) < 4.78 is 63.6. The van der Waals surface area contributed by atoms with Crippen LogP contribution in [0.3, 0.4) is 0 Å². The number of rotatable bonds is 16. The van der Waals surface area contributed by atoms with Crippen molar-refractivity contribution in [3.63, 3.8) is 0 Å². The Labute approximate surface area is 431 Å². The molecule has 17 nitrogen and oxygen atoms in total. The SMILES string of the molecule is COc1ccc(COc2c(F)cc(C(=O)NC[C@H]3CC[C@H](n4cc5ccc(-c6cnc(NCCNC7COC8(CCN(C(=O)c9ccc(C)c(N%10CCC(=O)NC%10=O)c9)CC8)C7)nc6)cc5n4)CC3)c(F)c2F)cc1. The van der Waals surface area contributed by atoms with Gasteiger partial charge in [-0.05, 0) is 111 Å². The van der Waals surface area contributed by atoms with Gasteiger partial charge >= 0.3 is 6.03 Å². The quantitative estimate of drug-likeness (QED) is 0.0542. The van der Waals surface area contributed by atoms with Gasteiger partial charge in [0.25, 0.3) is 11.8 Å². The highest BCUT2D eigenvalue weighted by Crippen LogP contribution is 2.38. The van der Waals surface area contributed by atoms with Crippen molar-refractivity contribution in [3.05, 3.63) is 125 Å². The molecule has 392 valence electrons. The van der Waals surface area contributed by atoms with Gasteiger partial charge in [-0.15, -0.1) is 0 Å². The summed E-state index contributed by atoms with van der Waals surface area (Å²) in [5, 5.41) is 17.8. The lowest BCUT2D eigenvalue weighted by Crippen LogP contribution is -2.50. The van der Waals surface area contributed by atoms with Crippen LogP contribution in [0, 0.1) is 30.3 Å². The van der Waals surface area contributed by atoms with E-state index in [1.807, 2.05) is 47.0 Å². The lowest BCUT2D eigenvalue weighted by atomic mass is 9.86. The highest BCUT2D eigenvalue weighted by Gasteiger charge is 2.43. The molecular formula is C55H59F3N10O7. The molecule has 10 rings (SSSR count). The number of piperidine rings is 1. The molecule has 1 unspecified atom stereocenters. The lowest BCUT2D eigenvalue weighted by Gasteiger charge is -2.39. The molecule has 75 heavy (non-hydrogen) atoms. The molecule has 0 bridgehead atoms. The Kier molecular flexibility index (Phi) is 15.0. The average Bonchev–Trinajstić information content (AvgIpc) is 4.04. The fraction of sp³-hybridized carbons (Fsp3) is 0.400. The molecule has 1 atom stereocenters. The van der Waals surface area contributed by atoms with Crippen molar-refractivity contribution < 1.29 is 46.6 Å². The summed E-state index contributed by atoms with van der Waals surface area (Å²) >= 11 is 0. The van der Waals surface area contributed by atoms with E-state index in [0.717, 1.165) is 72.5 Å². The van der Waals surface area contributed by atoms with Crippen LogP contribution in [0.15, 0.2) is 85.3 Å². The van der Waals surface area contributed by atoms with Crippen LogP contribution in [0.25, 0.3) is 22.0 Å². The van der Waals surface area contributed by atoms with Gasteiger partial charge in [-0.25, -0.2) is 23.5 Å². The second-order valence-corrected chi connectivity index (χ2v) is 19.9. The minimum absolute atomic E-state index is 0.0867. The predicted molar refractivity (Wildman–Crippen MR) is 273 cm³/mol. The third kappa shape index (κ3) is 11.4. The van der Waals surface area contributed by atoms with Gasteiger partial charge in [0.15, 0.2) is 17.4 Å². The van der Waals surface area contributed by atoms with Crippen LogP contribution < -0.4 is 35.6 Å². The first-order valence-electron chi connectivity index (χ1n) is 25.5. The van der Waals surface area contributed by atoms with Crippen molar-refractivity contribution in [3.8, 4) is 22.6 Å². The second kappa shape index (κ2) is 22.1. The number of carbonyl (C=O) groups excluding carboxylic acids is 4. The molecule has 2 aromatic heterocycles. The molecule has 3 aliphatic heterocycles. The Bertz CT molecular complexity index is 3090. The number of aromatic nitrogens is 4. The van der Waals surface area contributed by atoms with Gasteiger partial charge in [-0.1, -0.05) is 30.3 Å². The molecule has 5 heterocycles. The van der Waals surface area contributed by atoms with Crippen LogP contribution in [0.4, 0.5) is 29.6 Å². The van der Waals surface area contributed by atoms with Crippen LogP contribution in [0.2, 0.25) is 0 Å². The smallest absolute Gasteiger partial charge is 0.328 e. The molecular weight excluding hydrogens is 970 g/mol. The number of carbonyl (C=O) groups is 4. The number of hydrogen-bond acceptors (Lipinski definition) is 12. The molecule has 5 amide bonds. The summed E-state index contributed by atoms with van der Waals surface area (Å²) in [4.78, 5) is 63.2. The number of ether oxygens (including phenoxy) is 3. The summed E-state index contributed by atoms with van der Waals surface area (Å²) in [6, 6.07) is 18.6. The molecule has 4 aromatic carbocycles. The topological polar surface area (TPSA) is 194 Å². The van der Waals surface area contributed by atoms with E-state index >= 15 is 4.39 Å². The van der Waals surface area contributed by atoms with Crippen LogP contribution in [-0.4, -0.2) is 113 Å². The predicted octanol–water partition coefficient (Wildman–Crippen LogP) is 7.88. The van der Waals surface area contributed by atoms with Crippen LogP contribution in [-0.2, 0) is 16.1 Å². The van der Waals surface area contributed by atoms with Gasteiger partial charge in [0.05, 0.1) is 36.4 Å². The molecule has 4 N–H and O–H groups in total. The summed E-state index contributed by atoms with van der Waals surface area (Å²) in [6.07, 6.45) is 11.3. The van der Waals surface area contributed by atoms with Crippen molar-refractivity contribution in [1.29, 1.82) is 0 Å². The van der Waals surface area contributed by atoms with Gasteiger partial charge < -0.3 is 35.1 Å². The van der Waals surface area contributed by atoms with E-state index in [0.29, 0.717) is 67.4 Å². The number of urea groups is 1. The normalized spacial score (nSPS) is 19.6. The van der Waals surface area contributed by atoms with Gasteiger partial charge in [-0.3, -0.25) is 29.3 Å².